The lowest BCUT2D eigenvalue weighted by Crippen LogP contribution is -2.29. The molecule has 1 aliphatic rings. The zero-order valence-corrected chi connectivity index (χ0v) is 19.2. The number of nitrogens with one attached hydrogen (secondary N) is 1. The molecule has 4 rings (SSSR count). The molecule has 162 valence electrons. The molecule has 5 nitrogen and oxygen atoms in total. The van der Waals surface area contributed by atoms with Gasteiger partial charge in [0, 0.05) is 24.0 Å². The highest BCUT2D eigenvalue weighted by atomic mass is 32.2. The number of carbonyl (C=O) groups is 2. The van der Waals surface area contributed by atoms with Gasteiger partial charge in [0.25, 0.3) is 5.91 Å². The van der Waals surface area contributed by atoms with Crippen LogP contribution >= 0.6 is 24.0 Å². The Kier molecular flexibility index (Phi) is 6.87. The molecule has 0 spiro atoms. The van der Waals surface area contributed by atoms with Crippen molar-refractivity contribution in [1.29, 1.82) is 0 Å². The average molecular weight is 463 g/mol. The van der Waals surface area contributed by atoms with Crippen molar-refractivity contribution in [3.05, 3.63) is 77.2 Å². The number of thioether (sulfide) groups is 1. The molecule has 0 radical (unpaired) electrons. The fourth-order valence-electron chi connectivity index (χ4n) is 3.52. The SMILES string of the molecule is COc1cccc(C=C2SC(=S)N(CCCC(=O)Nc3cccc4ccccc34)C2=O)c1. The van der Waals surface area contributed by atoms with Crippen LogP contribution in [0.25, 0.3) is 16.8 Å². The van der Waals surface area contributed by atoms with Crippen molar-refractivity contribution in [3.63, 3.8) is 0 Å². The van der Waals surface area contributed by atoms with Gasteiger partial charge in [0.2, 0.25) is 5.91 Å². The van der Waals surface area contributed by atoms with E-state index in [1.54, 1.807) is 12.0 Å². The summed E-state index contributed by atoms with van der Waals surface area (Å²) >= 11 is 6.68. The molecule has 3 aromatic carbocycles. The van der Waals surface area contributed by atoms with Gasteiger partial charge in [-0.05, 0) is 41.6 Å². The van der Waals surface area contributed by atoms with E-state index in [-0.39, 0.29) is 11.8 Å². The van der Waals surface area contributed by atoms with Gasteiger partial charge >= 0.3 is 0 Å². The van der Waals surface area contributed by atoms with Gasteiger partial charge in [0.05, 0.1) is 12.0 Å². The highest BCUT2D eigenvalue weighted by Gasteiger charge is 2.31. The van der Waals surface area contributed by atoms with Crippen LogP contribution < -0.4 is 10.1 Å². The van der Waals surface area contributed by atoms with E-state index >= 15 is 0 Å². The molecule has 7 heteroatoms. The Balaban J connectivity index is 1.34. The molecule has 1 aliphatic heterocycles. The molecular weight excluding hydrogens is 440 g/mol. The number of methoxy groups -OCH3 is 1. The fourth-order valence-corrected chi connectivity index (χ4v) is 4.83. The van der Waals surface area contributed by atoms with E-state index in [0.717, 1.165) is 27.8 Å². The van der Waals surface area contributed by atoms with E-state index in [0.29, 0.717) is 28.6 Å². The first-order chi connectivity index (χ1) is 15.5. The Morgan fingerprint density at radius 1 is 1.12 bits per heavy atom. The number of ether oxygens (including phenoxy) is 1. The van der Waals surface area contributed by atoms with Crippen LogP contribution in [0.2, 0.25) is 0 Å². The van der Waals surface area contributed by atoms with Gasteiger partial charge in [0.1, 0.15) is 10.1 Å². The number of carbonyl (C=O) groups excluding carboxylic acids is 2. The minimum Gasteiger partial charge on any atom is -0.497 e. The third-order valence-electron chi connectivity index (χ3n) is 5.11. The van der Waals surface area contributed by atoms with Crippen LogP contribution in [0.3, 0.4) is 0 Å². The predicted molar refractivity (Wildman–Crippen MR) is 135 cm³/mol. The summed E-state index contributed by atoms with van der Waals surface area (Å²) in [4.78, 5) is 27.4. The van der Waals surface area contributed by atoms with Gasteiger partial charge < -0.3 is 10.1 Å². The van der Waals surface area contributed by atoms with Gasteiger partial charge in [-0.15, -0.1) is 0 Å². The van der Waals surface area contributed by atoms with Crippen LogP contribution in [0.15, 0.2) is 71.6 Å². The van der Waals surface area contributed by atoms with Crippen molar-refractivity contribution >= 4 is 62.7 Å². The zero-order chi connectivity index (χ0) is 22.5. The zero-order valence-electron chi connectivity index (χ0n) is 17.5. The molecule has 3 aromatic rings. The van der Waals surface area contributed by atoms with Crippen LogP contribution in [-0.4, -0.2) is 34.7 Å². The summed E-state index contributed by atoms with van der Waals surface area (Å²) in [6.07, 6.45) is 2.64. The quantitative estimate of drug-likeness (QED) is 0.373. The number of thiocarbonyl (C=S) groups is 1. The minimum absolute atomic E-state index is 0.0845. The maximum Gasteiger partial charge on any atom is 0.266 e. The second kappa shape index (κ2) is 9.97. The average Bonchev–Trinajstić information content (AvgIpc) is 3.06. The van der Waals surface area contributed by atoms with E-state index in [1.807, 2.05) is 72.8 Å². The lowest BCUT2D eigenvalue weighted by atomic mass is 10.1. The number of rotatable bonds is 7. The Morgan fingerprint density at radius 3 is 2.75 bits per heavy atom. The summed E-state index contributed by atoms with van der Waals surface area (Å²) in [7, 11) is 1.61. The van der Waals surface area contributed by atoms with Crippen molar-refractivity contribution < 1.29 is 14.3 Å². The first-order valence-corrected chi connectivity index (χ1v) is 11.4. The number of amides is 2. The molecule has 0 atom stereocenters. The predicted octanol–water partition coefficient (Wildman–Crippen LogP) is 5.47. The summed E-state index contributed by atoms with van der Waals surface area (Å²) in [5, 5.41) is 5.06. The van der Waals surface area contributed by atoms with Crippen LogP contribution in [0, 0.1) is 0 Å². The first-order valence-electron chi connectivity index (χ1n) is 10.2. The minimum atomic E-state index is -0.128. The van der Waals surface area contributed by atoms with Crippen molar-refractivity contribution in [2.45, 2.75) is 12.8 Å². The molecule has 1 N–H and O–H groups in total. The van der Waals surface area contributed by atoms with Crippen molar-refractivity contribution in [2.75, 3.05) is 19.0 Å². The van der Waals surface area contributed by atoms with E-state index in [2.05, 4.69) is 5.32 Å². The van der Waals surface area contributed by atoms with Gasteiger partial charge in [-0.3, -0.25) is 14.5 Å². The van der Waals surface area contributed by atoms with Gasteiger partial charge in [-0.25, -0.2) is 0 Å². The second-order valence-electron chi connectivity index (χ2n) is 7.29. The molecule has 0 saturated carbocycles. The Morgan fingerprint density at radius 2 is 1.91 bits per heavy atom. The highest BCUT2D eigenvalue weighted by molar-refractivity contribution is 8.26. The van der Waals surface area contributed by atoms with Gasteiger partial charge in [0.15, 0.2) is 0 Å². The van der Waals surface area contributed by atoms with E-state index in [9.17, 15) is 9.59 Å². The number of nitrogens with zero attached hydrogens (tertiary/aromatic N) is 1. The van der Waals surface area contributed by atoms with E-state index in [4.69, 9.17) is 17.0 Å². The van der Waals surface area contributed by atoms with E-state index < -0.39 is 0 Å². The molecule has 1 fully saturated rings. The van der Waals surface area contributed by atoms with Crippen LogP contribution in [0.4, 0.5) is 5.69 Å². The number of fused-ring (bicyclic) bond motifs is 1. The molecule has 0 aliphatic carbocycles. The smallest absolute Gasteiger partial charge is 0.266 e. The lowest BCUT2D eigenvalue weighted by Gasteiger charge is -2.14. The summed E-state index contributed by atoms with van der Waals surface area (Å²) in [5.74, 6) is 0.516. The molecular formula is C25H22N2O3S2. The van der Waals surface area contributed by atoms with E-state index in [1.165, 1.54) is 11.8 Å². The Hall–Kier alpha value is -3.16. The maximum atomic E-state index is 12.8. The molecule has 0 aromatic heterocycles. The van der Waals surface area contributed by atoms with Gasteiger partial charge in [-0.1, -0.05) is 72.5 Å². The van der Waals surface area contributed by atoms with Crippen LogP contribution in [0.1, 0.15) is 18.4 Å². The maximum absolute atomic E-state index is 12.8. The monoisotopic (exact) mass is 462 g/mol. The number of hydrogen-bond acceptors (Lipinski definition) is 5. The normalized spacial score (nSPS) is 14.9. The molecule has 0 bridgehead atoms. The largest absolute Gasteiger partial charge is 0.497 e. The van der Waals surface area contributed by atoms with Crippen molar-refractivity contribution in [3.8, 4) is 5.75 Å². The standard InChI is InChI=1S/C25H22N2O3S2/c1-30-19-10-4-7-17(15-19)16-22-24(29)27(25(31)32-22)14-6-13-23(28)26-21-12-5-9-18-8-2-3-11-20(18)21/h2-5,7-12,15-16H,6,13-14H2,1H3,(H,26,28). The molecule has 2 amide bonds. The summed E-state index contributed by atoms with van der Waals surface area (Å²) in [6.45, 7) is 0.406. The lowest BCUT2D eigenvalue weighted by molar-refractivity contribution is -0.122. The number of benzene rings is 3. The number of anilines is 1. The van der Waals surface area contributed by atoms with Crippen molar-refractivity contribution in [2.24, 2.45) is 0 Å². The molecule has 1 heterocycles. The Labute approximate surface area is 196 Å². The van der Waals surface area contributed by atoms with Crippen molar-refractivity contribution in [1.82, 2.24) is 4.90 Å². The highest BCUT2D eigenvalue weighted by Crippen LogP contribution is 2.33. The number of hydrogen-bond donors (Lipinski definition) is 1. The third kappa shape index (κ3) is 5.00. The fraction of sp³-hybridized carbons (Fsp3) is 0.160. The topological polar surface area (TPSA) is 58.6 Å². The van der Waals surface area contributed by atoms with Crippen LogP contribution in [0.5, 0.6) is 5.75 Å². The summed E-state index contributed by atoms with van der Waals surface area (Å²) in [6, 6.07) is 21.3. The Bertz CT molecular complexity index is 1220. The molecule has 1 saturated heterocycles. The third-order valence-corrected chi connectivity index (χ3v) is 6.49. The molecule has 0 unspecified atom stereocenters. The molecule has 32 heavy (non-hydrogen) atoms. The summed E-state index contributed by atoms with van der Waals surface area (Å²) in [5.41, 5.74) is 1.67. The van der Waals surface area contributed by atoms with Gasteiger partial charge in [-0.2, -0.15) is 0 Å². The van der Waals surface area contributed by atoms with Crippen LogP contribution in [-0.2, 0) is 9.59 Å². The second-order valence-corrected chi connectivity index (χ2v) is 8.96. The summed E-state index contributed by atoms with van der Waals surface area (Å²) < 4.78 is 5.75. The first kappa shape index (κ1) is 22.0.